The number of methoxy groups -OCH3 is 1. The maximum atomic E-state index is 12.2. The fraction of sp³-hybridized carbons (Fsp3) is 0.538. The Morgan fingerprint density at radius 3 is 2.84 bits per heavy atom. The second-order valence-corrected chi connectivity index (χ2v) is 4.92. The number of ether oxygens (including phenoxy) is 1. The molecule has 0 radical (unpaired) electrons. The molecule has 1 fully saturated rings. The molecule has 1 aromatic heterocycles. The smallest absolute Gasteiger partial charge is 0.271 e. The molecule has 0 aromatic carbocycles. The number of hydrogen-bond donors (Lipinski definition) is 2. The minimum atomic E-state index is -0.280. The maximum absolute atomic E-state index is 12.2. The van der Waals surface area contributed by atoms with Crippen LogP contribution < -0.4 is 10.9 Å². The van der Waals surface area contributed by atoms with Gasteiger partial charge in [-0.3, -0.25) is 14.5 Å². The number of H-pyrrole nitrogens is 1. The van der Waals surface area contributed by atoms with Gasteiger partial charge in [-0.25, -0.2) is 0 Å². The normalized spacial score (nSPS) is 23.5. The summed E-state index contributed by atoms with van der Waals surface area (Å²) < 4.78 is 5.26. The van der Waals surface area contributed by atoms with Crippen LogP contribution in [0.5, 0.6) is 0 Å². The molecule has 2 heterocycles. The maximum Gasteiger partial charge on any atom is 0.271 e. The summed E-state index contributed by atoms with van der Waals surface area (Å²) in [7, 11) is 3.52. The predicted octanol–water partition coefficient (Wildman–Crippen LogP) is 0.341. The molecule has 1 saturated heterocycles. The highest BCUT2D eigenvalue weighted by Gasteiger charge is 2.34. The van der Waals surface area contributed by atoms with Crippen LogP contribution in [0.4, 0.5) is 5.69 Å². The van der Waals surface area contributed by atoms with Crippen molar-refractivity contribution in [1.29, 1.82) is 0 Å². The Hall–Kier alpha value is -1.66. The predicted molar refractivity (Wildman–Crippen MR) is 72.3 cm³/mol. The number of rotatable bonds is 3. The number of nitrogens with one attached hydrogen (secondary N) is 2. The zero-order valence-electron chi connectivity index (χ0n) is 11.4. The first-order valence-electron chi connectivity index (χ1n) is 6.25. The lowest BCUT2D eigenvalue weighted by molar-refractivity contribution is -0.120. The second kappa shape index (κ2) is 5.54. The Balaban J connectivity index is 2.07. The van der Waals surface area contributed by atoms with Crippen LogP contribution in [0.1, 0.15) is 12.1 Å². The van der Waals surface area contributed by atoms with Crippen LogP contribution in [0.25, 0.3) is 0 Å². The molecule has 0 unspecified atom stereocenters. The third-order valence-electron chi connectivity index (χ3n) is 3.46. The fourth-order valence-corrected chi connectivity index (χ4v) is 2.32. The van der Waals surface area contributed by atoms with Crippen molar-refractivity contribution in [3.8, 4) is 0 Å². The first-order valence-corrected chi connectivity index (χ1v) is 6.25. The number of amides is 1. The molecule has 2 rings (SSSR count). The van der Waals surface area contributed by atoms with E-state index in [4.69, 9.17) is 4.74 Å². The van der Waals surface area contributed by atoms with Gasteiger partial charge >= 0.3 is 0 Å². The number of aromatic nitrogens is 1. The quantitative estimate of drug-likeness (QED) is 0.826. The first kappa shape index (κ1) is 13.8. The largest absolute Gasteiger partial charge is 0.380 e. The molecule has 6 nitrogen and oxygen atoms in total. The number of anilines is 1. The van der Waals surface area contributed by atoms with Crippen molar-refractivity contribution in [1.82, 2.24) is 9.88 Å². The summed E-state index contributed by atoms with van der Waals surface area (Å²) in [5.74, 6) is -0.170. The Morgan fingerprint density at radius 2 is 2.26 bits per heavy atom. The summed E-state index contributed by atoms with van der Waals surface area (Å²) in [6, 6.07) is 3.12. The number of aromatic amines is 1. The molecule has 2 atom stereocenters. The third-order valence-corrected chi connectivity index (χ3v) is 3.46. The second-order valence-electron chi connectivity index (χ2n) is 4.92. The van der Waals surface area contributed by atoms with Gasteiger partial charge in [-0.15, -0.1) is 0 Å². The number of carbonyl (C=O) groups is 1. The first-order chi connectivity index (χ1) is 9.01. The number of pyridine rings is 1. The molecule has 1 aromatic rings. The lowest BCUT2D eigenvalue weighted by Gasteiger charge is -2.17. The van der Waals surface area contributed by atoms with E-state index in [2.05, 4.69) is 10.3 Å². The van der Waals surface area contributed by atoms with E-state index < -0.39 is 0 Å². The number of likely N-dealkylation sites (N-methyl/N-ethyl adjacent to an activating group) is 1. The Kier molecular flexibility index (Phi) is 4.01. The molecule has 19 heavy (non-hydrogen) atoms. The lowest BCUT2D eigenvalue weighted by atomic mass is 10.2. The number of hydrogen-bond acceptors (Lipinski definition) is 4. The summed E-state index contributed by atoms with van der Waals surface area (Å²) in [5.41, 5.74) is 0.766. The number of likely N-dealkylation sites (tertiary alicyclic amines) is 1. The van der Waals surface area contributed by atoms with Crippen molar-refractivity contribution in [2.75, 3.05) is 26.0 Å². The molecular weight excluding hydrogens is 246 g/mol. The average Bonchev–Trinajstić information content (AvgIpc) is 2.74. The van der Waals surface area contributed by atoms with Crippen LogP contribution >= 0.6 is 0 Å². The molecule has 0 spiro atoms. The van der Waals surface area contributed by atoms with Crippen molar-refractivity contribution in [2.24, 2.45) is 0 Å². The van der Waals surface area contributed by atoms with Gasteiger partial charge in [0.1, 0.15) is 5.69 Å². The molecule has 0 aliphatic carbocycles. The van der Waals surface area contributed by atoms with Crippen molar-refractivity contribution in [3.05, 3.63) is 28.2 Å². The van der Waals surface area contributed by atoms with Gasteiger partial charge in [0.05, 0.1) is 12.1 Å². The van der Waals surface area contributed by atoms with E-state index in [9.17, 15) is 9.59 Å². The van der Waals surface area contributed by atoms with Gasteiger partial charge in [0.15, 0.2) is 0 Å². The van der Waals surface area contributed by atoms with Crippen molar-refractivity contribution >= 4 is 11.6 Å². The fourth-order valence-electron chi connectivity index (χ4n) is 2.32. The van der Waals surface area contributed by atoms with Crippen LogP contribution in [0.2, 0.25) is 0 Å². The van der Waals surface area contributed by atoms with Crippen molar-refractivity contribution in [3.63, 3.8) is 0 Å². The van der Waals surface area contributed by atoms with E-state index in [-0.39, 0.29) is 29.3 Å². The number of aryl methyl sites for hydroxylation is 1. The zero-order chi connectivity index (χ0) is 14.0. The van der Waals surface area contributed by atoms with Crippen LogP contribution in [0.15, 0.2) is 16.9 Å². The average molecular weight is 265 g/mol. The third kappa shape index (κ3) is 3.02. The topological polar surface area (TPSA) is 74.4 Å². The van der Waals surface area contributed by atoms with E-state index in [1.54, 1.807) is 26.2 Å². The Morgan fingerprint density at radius 1 is 1.53 bits per heavy atom. The minimum Gasteiger partial charge on any atom is -0.380 e. The van der Waals surface area contributed by atoms with E-state index in [0.717, 1.165) is 12.2 Å². The van der Waals surface area contributed by atoms with Crippen LogP contribution in [0, 0.1) is 6.92 Å². The molecule has 1 aliphatic rings. The van der Waals surface area contributed by atoms with Crippen LogP contribution in [-0.2, 0) is 9.53 Å². The van der Waals surface area contributed by atoms with Gasteiger partial charge in [0, 0.05) is 19.3 Å². The van der Waals surface area contributed by atoms with Gasteiger partial charge < -0.3 is 15.0 Å². The SMILES string of the molecule is CO[C@H]1C[C@@H](C(=O)Nc2ccc(C)[nH]c2=O)N(C)C1. The molecule has 2 N–H and O–H groups in total. The van der Waals surface area contributed by atoms with E-state index in [1.807, 2.05) is 11.9 Å². The van der Waals surface area contributed by atoms with E-state index in [1.165, 1.54) is 0 Å². The Labute approximate surface area is 111 Å². The summed E-state index contributed by atoms with van der Waals surface area (Å²) >= 11 is 0. The van der Waals surface area contributed by atoms with Crippen molar-refractivity contribution < 1.29 is 9.53 Å². The minimum absolute atomic E-state index is 0.0667. The van der Waals surface area contributed by atoms with Gasteiger partial charge in [0.25, 0.3) is 5.56 Å². The van der Waals surface area contributed by atoms with Gasteiger partial charge in [-0.05, 0) is 32.5 Å². The Bertz CT molecular complexity index is 526. The van der Waals surface area contributed by atoms with Crippen LogP contribution in [0.3, 0.4) is 0 Å². The number of carbonyl (C=O) groups excluding carboxylic acids is 1. The summed E-state index contributed by atoms with van der Waals surface area (Å²) in [6.45, 7) is 2.51. The standard InChI is InChI=1S/C13H19N3O3/c1-8-4-5-10(12(17)14-8)15-13(18)11-6-9(19-3)7-16(11)2/h4-5,9,11H,6-7H2,1-3H3,(H,14,17)(H,15,18)/t9-,11-/m0/s1. The van der Waals surface area contributed by atoms with Gasteiger partial charge in [0.2, 0.25) is 5.91 Å². The monoisotopic (exact) mass is 265 g/mol. The van der Waals surface area contributed by atoms with Gasteiger partial charge in [-0.2, -0.15) is 0 Å². The summed E-state index contributed by atoms with van der Waals surface area (Å²) in [6.07, 6.45) is 0.708. The lowest BCUT2D eigenvalue weighted by Crippen LogP contribution is -2.38. The molecular formula is C13H19N3O3. The highest BCUT2D eigenvalue weighted by Crippen LogP contribution is 2.19. The zero-order valence-corrected chi connectivity index (χ0v) is 11.4. The molecule has 0 saturated carbocycles. The molecule has 1 aliphatic heterocycles. The highest BCUT2D eigenvalue weighted by atomic mass is 16.5. The number of nitrogens with zero attached hydrogens (tertiary/aromatic N) is 1. The van der Waals surface area contributed by atoms with Gasteiger partial charge in [-0.1, -0.05) is 0 Å². The summed E-state index contributed by atoms with van der Waals surface area (Å²) in [5, 5.41) is 2.67. The van der Waals surface area contributed by atoms with Crippen LogP contribution in [-0.4, -0.2) is 48.6 Å². The van der Waals surface area contributed by atoms with E-state index >= 15 is 0 Å². The molecule has 6 heteroatoms. The molecule has 0 bridgehead atoms. The van der Waals surface area contributed by atoms with Crippen molar-refractivity contribution in [2.45, 2.75) is 25.5 Å². The highest BCUT2D eigenvalue weighted by molar-refractivity contribution is 5.94. The summed E-state index contributed by atoms with van der Waals surface area (Å²) in [4.78, 5) is 28.4. The molecule has 1 amide bonds. The molecule has 104 valence electrons. The van der Waals surface area contributed by atoms with E-state index in [0.29, 0.717) is 6.42 Å².